The SMILES string of the molecule is CC(C)[C@H](NC(=O)c1c(F)cccc1F)C(=O)OCn1nnc2ccccc2c1=O. The van der Waals surface area contributed by atoms with Gasteiger partial charge in [0, 0.05) is 0 Å². The summed E-state index contributed by atoms with van der Waals surface area (Å²) < 4.78 is 33.6. The van der Waals surface area contributed by atoms with Crippen molar-refractivity contribution in [3.63, 3.8) is 0 Å². The zero-order valence-electron chi connectivity index (χ0n) is 16.1. The molecule has 0 saturated heterocycles. The first-order chi connectivity index (χ1) is 14.3. The number of benzene rings is 2. The van der Waals surface area contributed by atoms with E-state index < -0.39 is 53.3 Å². The Bertz CT molecular complexity index is 1140. The topological polar surface area (TPSA) is 103 Å². The Morgan fingerprint density at radius 3 is 2.43 bits per heavy atom. The third-order valence-corrected chi connectivity index (χ3v) is 4.36. The molecule has 0 aliphatic carbocycles. The fourth-order valence-corrected chi connectivity index (χ4v) is 2.75. The molecule has 1 heterocycles. The monoisotopic (exact) mass is 416 g/mol. The molecular formula is C20H18F2N4O4. The Hall–Kier alpha value is -3.69. The van der Waals surface area contributed by atoms with Crippen LogP contribution in [0, 0.1) is 17.6 Å². The molecule has 1 aromatic heterocycles. The van der Waals surface area contributed by atoms with Gasteiger partial charge in [0.25, 0.3) is 11.5 Å². The summed E-state index contributed by atoms with van der Waals surface area (Å²) in [6, 6.07) is 8.33. The maximum absolute atomic E-state index is 13.8. The zero-order chi connectivity index (χ0) is 21.8. The highest BCUT2D eigenvalue weighted by Gasteiger charge is 2.28. The molecule has 0 fully saturated rings. The number of hydrogen-bond acceptors (Lipinski definition) is 6. The second kappa shape index (κ2) is 8.76. The molecule has 1 amide bonds. The van der Waals surface area contributed by atoms with Crippen LogP contribution in [0.15, 0.2) is 47.3 Å². The van der Waals surface area contributed by atoms with Crippen molar-refractivity contribution >= 4 is 22.8 Å². The normalized spacial score (nSPS) is 12.0. The molecule has 0 unspecified atom stereocenters. The summed E-state index contributed by atoms with van der Waals surface area (Å²) in [6.07, 6.45) is 0. The molecule has 3 rings (SSSR count). The third kappa shape index (κ3) is 4.32. The predicted molar refractivity (Wildman–Crippen MR) is 102 cm³/mol. The van der Waals surface area contributed by atoms with Crippen molar-refractivity contribution < 1.29 is 23.1 Å². The van der Waals surface area contributed by atoms with Gasteiger partial charge in [0.05, 0.1) is 5.39 Å². The van der Waals surface area contributed by atoms with E-state index in [4.69, 9.17) is 4.74 Å². The molecule has 1 N–H and O–H groups in total. The number of halogens is 2. The number of nitrogens with zero attached hydrogens (tertiary/aromatic N) is 3. The molecular weight excluding hydrogens is 398 g/mol. The van der Waals surface area contributed by atoms with Crippen LogP contribution >= 0.6 is 0 Å². The molecule has 0 radical (unpaired) electrons. The van der Waals surface area contributed by atoms with Crippen molar-refractivity contribution in [2.24, 2.45) is 5.92 Å². The molecule has 10 heteroatoms. The number of amides is 1. The van der Waals surface area contributed by atoms with Gasteiger partial charge in [-0.15, -0.1) is 5.10 Å². The first-order valence-electron chi connectivity index (χ1n) is 9.03. The Kier molecular flexibility index (Phi) is 6.14. The average Bonchev–Trinajstić information content (AvgIpc) is 2.71. The fourth-order valence-electron chi connectivity index (χ4n) is 2.75. The van der Waals surface area contributed by atoms with Gasteiger partial charge in [-0.2, -0.15) is 4.68 Å². The lowest BCUT2D eigenvalue weighted by Crippen LogP contribution is -2.46. The van der Waals surface area contributed by atoms with Crippen LogP contribution < -0.4 is 10.9 Å². The first kappa shape index (κ1) is 21.0. The van der Waals surface area contributed by atoms with Crippen LogP contribution in [0.25, 0.3) is 10.9 Å². The van der Waals surface area contributed by atoms with Gasteiger partial charge in [-0.25, -0.2) is 13.6 Å². The summed E-state index contributed by atoms with van der Waals surface area (Å²) in [7, 11) is 0. The van der Waals surface area contributed by atoms with Crippen LogP contribution in [0.3, 0.4) is 0 Å². The second-order valence-corrected chi connectivity index (χ2v) is 6.80. The van der Waals surface area contributed by atoms with Crippen molar-refractivity contribution in [3.05, 3.63) is 70.0 Å². The lowest BCUT2D eigenvalue weighted by atomic mass is 10.0. The molecule has 0 bridgehead atoms. The molecule has 0 aliphatic rings. The van der Waals surface area contributed by atoms with E-state index in [2.05, 4.69) is 15.6 Å². The van der Waals surface area contributed by atoms with Crippen LogP contribution in [0.2, 0.25) is 0 Å². The first-order valence-corrected chi connectivity index (χ1v) is 9.03. The molecule has 2 aromatic carbocycles. The summed E-state index contributed by atoms with van der Waals surface area (Å²) >= 11 is 0. The van der Waals surface area contributed by atoms with Gasteiger partial charge in [0.1, 0.15) is 28.8 Å². The van der Waals surface area contributed by atoms with Crippen LogP contribution in [0.4, 0.5) is 8.78 Å². The Morgan fingerprint density at radius 1 is 1.10 bits per heavy atom. The quantitative estimate of drug-likeness (QED) is 0.617. The summed E-state index contributed by atoms with van der Waals surface area (Å²) in [5.74, 6) is -4.56. The van der Waals surface area contributed by atoms with Gasteiger partial charge in [0.2, 0.25) is 0 Å². The minimum atomic E-state index is -1.21. The number of esters is 1. The predicted octanol–water partition coefficient (Wildman–Crippen LogP) is 2.02. The van der Waals surface area contributed by atoms with Crippen LogP contribution in [0.5, 0.6) is 0 Å². The van der Waals surface area contributed by atoms with Crippen LogP contribution in [-0.2, 0) is 16.3 Å². The van der Waals surface area contributed by atoms with Gasteiger partial charge >= 0.3 is 5.97 Å². The summed E-state index contributed by atoms with van der Waals surface area (Å²) in [4.78, 5) is 37.2. The maximum atomic E-state index is 13.8. The number of ether oxygens (including phenoxy) is 1. The van der Waals surface area contributed by atoms with E-state index in [-0.39, 0.29) is 0 Å². The summed E-state index contributed by atoms with van der Waals surface area (Å²) in [5, 5.41) is 10.2. The van der Waals surface area contributed by atoms with E-state index in [9.17, 15) is 23.2 Å². The lowest BCUT2D eigenvalue weighted by Gasteiger charge is -2.21. The molecule has 1 atom stereocenters. The van der Waals surface area contributed by atoms with Crippen LogP contribution in [0.1, 0.15) is 24.2 Å². The van der Waals surface area contributed by atoms with E-state index in [1.807, 2.05) is 0 Å². The number of fused-ring (bicyclic) bond motifs is 1. The van der Waals surface area contributed by atoms with Gasteiger partial charge in [0.15, 0.2) is 6.73 Å². The summed E-state index contributed by atoms with van der Waals surface area (Å²) in [5.41, 5.74) is -0.913. The summed E-state index contributed by atoms with van der Waals surface area (Å²) in [6.45, 7) is 2.69. The smallest absolute Gasteiger partial charge is 0.330 e. The highest BCUT2D eigenvalue weighted by atomic mass is 19.1. The largest absolute Gasteiger partial charge is 0.441 e. The minimum absolute atomic E-state index is 0.298. The van der Waals surface area contributed by atoms with Gasteiger partial charge < -0.3 is 10.1 Å². The molecule has 30 heavy (non-hydrogen) atoms. The highest BCUT2D eigenvalue weighted by Crippen LogP contribution is 2.14. The van der Waals surface area contributed by atoms with E-state index >= 15 is 0 Å². The van der Waals surface area contributed by atoms with Gasteiger partial charge in [-0.3, -0.25) is 9.59 Å². The number of carbonyl (C=O) groups excluding carboxylic acids is 2. The Morgan fingerprint density at radius 2 is 1.77 bits per heavy atom. The lowest BCUT2D eigenvalue weighted by molar-refractivity contribution is -0.151. The molecule has 3 aromatic rings. The van der Waals surface area contributed by atoms with Crippen molar-refractivity contribution in [2.75, 3.05) is 0 Å². The fraction of sp³-hybridized carbons (Fsp3) is 0.250. The van der Waals surface area contributed by atoms with Crippen molar-refractivity contribution in [3.8, 4) is 0 Å². The number of nitrogens with one attached hydrogen (secondary N) is 1. The zero-order valence-corrected chi connectivity index (χ0v) is 16.1. The standard InChI is InChI=1S/C20H18F2N4O4/c1-11(2)17(23-18(27)16-13(21)7-5-8-14(16)22)20(29)30-10-26-19(28)12-6-3-4-9-15(12)24-25-26/h3-9,11,17H,10H2,1-2H3,(H,23,27)/t17-/m0/s1. The molecule has 0 saturated carbocycles. The maximum Gasteiger partial charge on any atom is 0.330 e. The van der Waals surface area contributed by atoms with E-state index in [0.717, 1.165) is 22.9 Å². The Labute approximate surface area is 169 Å². The van der Waals surface area contributed by atoms with E-state index in [1.165, 1.54) is 0 Å². The number of rotatable bonds is 6. The second-order valence-electron chi connectivity index (χ2n) is 6.80. The van der Waals surface area contributed by atoms with Gasteiger partial charge in [-0.1, -0.05) is 37.3 Å². The molecule has 156 valence electrons. The number of carbonyl (C=O) groups is 2. The van der Waals surface area contributed by atoms with Crippen molar-refractivity contribution in [1.29, 1.82) is 0 Å². The molecule has 8 nitrogen and oxygen atoms in total. The highest BCUT2D eigenvalue weighted by molar-refractivity contribution is 5.97. The Balaban J connectivity index is 1.74. The number of aromatic nitrogens is 3. The van der Waals surface area contributed by atoms with Crippen molar-refractivity contribution in [1.82, 2.24) is 20.3 Å². The third-order valence-electron chi connectivity index (χ3n) is 4.36. The molecule has 0 aliphatic heterocycles. The number of hydrogen-bond donors (Lipinski definition) is 1. The average molecular weight is 416 g/mol. The molecule has 0 spiro atoms. The van der Waals surface area contributed by atoms with E-state index in [0.29, 0.717) is 10.9 Å². The van der Waals surface area contributed by atoms with E-state index in [1.54, 1.807) is 38.1 Å². The van der Waals surface area contributed by atoms with Crippen molar-refractivity contribution in [2.45, 2.75) is 26.6 Å². The van der Waals surface area contributed by atoms with Crippen LogP contribution in [-0.4, -0.2) is 32.9 Å². The van der Waals surface area contributed by atoms with Gasteiger partial charge in [-0.05, 0) is 30.2 Å². The minimum Gasteiger partial charge on any atom is -0.441 e.